The highest BCUT2D eigenvalue weighted by Crippen LogP contribution is 2.22. The summed E-state index contributed by atoms with van der Waals surface area (Å²) in [4.78, 5) is 19.8. The Labute approximate surface area is 151 Å². The number of amides is 1. The number of hydrogen-bond donors (Lipinski definition) is 1. The summed E-state index contributed by atoms with van der Waals surface area (Å²) in [7, 11) is 0. The van der Waals surface area contributed by atoms with Crippen molar-refractivity contribution in [2.24, 2.45) is 0 Å². The van der Waals surface area contributed by atoms with Crippen molar-refractivity contribution in [2.45, 2.75) is 13.0 Å². The van der Waals surface area contributed by atoms with Gasteiger partial charge >= 0.3 is 0 Å². The molecule has 130 valence electrons. The molecule has 0 spiro atoms. The highest BCUT2D eigenvalue weighted by molar-refractivity contribution is 5.91. The Morgan fingerprint density at radius 1 is 1.12 bits per heavy atom. The maximum atomic E-state index is 13.0. The van der Waals surface area contributed by atoms with Crippen molar-refractivity contribution in [1.29, 1.82) is 0 Å². The predicted molar refractivity (Wildman–Crippen MR) is 99.5 cm³/mol. The average molecular weight is 347 g/mol. The lowest BCUT2D eigenvalue weighted by molar-refractivity contribution is -0.117. The first kappa shape index (κ1) is 17.5. The highest BCUT2D eigenvalue weighted by Gasteiger charge is 2.09. The second-order valence-corrected chi connectivity index (χ2v) is 5.85. The standard InChI is InChI=1S/C21H18FN3O/c1-15(25-21(26)10-7-16-4-3-11-23-13-16)17-5-2-6-18(12-17)19-8-9-20(22)24-14-19/h2-15H,1H3,(H,25,26)/b10-7+/t15-/m1/s1. The maximum Gasteiger partial charge on any atom is 0.244 e. The molecule has 0 radical (unpaired) electrons. The molecule has 1 atom stereocenters. The number of benzene rings is 1. The largest absolute Gasteiger partial charge is 0.346 e. The first-order chi connectivity index (χ1) is 12.6. The van der Waals surface area contributed by atoms with Crippen LogP contribution in [0, 0.1) is 5.95 Å². The number of halogens is 1. The van der Waals surface area contributed by atoms with E-state index in [2.05, 4.69) is 15.3 Å². The molecular formula is C21H18FN3O. The quantitative estimate of drug-likeness (QED) is 0.557. The van der Waals surface area contributed by atoms with Crippen LogP contribution in [0.2, 0.25) is 0 Å². The molecule has 2 heterocycles. The molecule has 1 aromatic carbocycles. The number of aromatic nitrogens is 2. The lowest BCUT2D eigenvalue weighted by atomic mass is 10.0. The Balaban J connectivity index is 1.69. The zero-order valence-corrected chi connectivity index (χ0v) is 14.3. The summed E-state index contributed by atoms with van der Waals surface area (Å²) in [5, 5.41) is 2.93. The van der Waals surface area contributed by atoms with Crippen molar-refractivity contribution < 1.29 is 9.18 Å². The normalized spacial score (nSPS) is 12.1. The van der Waals surface area contributed by atoms with E-state index in [9.17, 15) is 9.18 Å². The van der Waals surface area contributed by atoms with Crippen molar-refractivity contribution >= 4 is 12.0 Å². The summed E-state index contributed by atoms with van der Waals surface area (Å²) in [6.45, 7) is 1.91. The third-order valence-corrected chi connectivity index (χ3v) is 3.92. The Hall–Kier alpha value is -3.34. The fraction of sp³-hybridized carbons (Fsp3) is 0.0952. The van der Waals surface area contributed by atoms with Gasteiger partial charge in [-0.3, -0.25) is 9.78 Å². The fourth-order valence-electron chi connectivity index (χ4n) is 2.53. The molecule has 1 amide bonds. The van der Waals surface area contributed by atoms with Gasteiger partial charge in [0, 0.05) is 30.2 Å². The summed E-state index contributed by atoms with van der Waals surface area (Å²) in [5.74, 6) is -0.693. The first-order valence-electron chi connectivity index (χ1n) is 8.22. The van der Waals surface area contributed by atoms with Crippen molar-refractivity contribution in [1.82, 2.24) is 15.3 Å². The lowest BCUT2D eigenvalue weighted by Crippen LogP contribution is -2.24. The summed E-state index contributed by atoms with van der Waals surface area (Å²) in [5.41, 5.74) is 3.56. The minimum Gasteiger partial charge on any atom is -0.346 e. The average Bonchev–Trinajstić information content (AvgIpc) is 2.68. The molecule has 0 saturated carbocycles. The topological polar surface area (TPSA) is 54.9 Å². The Morgan fingerprint density at radius 3 is 2.73 bits per heavy atom. The van der Waals surface area contributed by atoms with E-state index in [4.69, 9.17) is 0 Å². The van der Waals surface area contributed by atoms with E-state index in [0.29, 0.717) is 0 Å². The second-order valence-electron chi connectivity index (χ2n) is 5.85. The van der Waals surface area contributed by atoms with Gasteiger partial charge < -0.3 is 5.32 Å². The third-order valence-electron chi connectivity index (χ3n) is 3.92. The highest BCUT2D eigenvalue weighted by atomic mass is 19.1. The predicted octanol–water partition coefficient (Wildman–Crippen LogP) is 4.17. The van der Waals surface area contributed by atoms with Gasteiger partial charge in [0.1, 0.15) is 0 Å². The van der Waals surface area contributed by atoms with Crippen LogP contribution in [0.1, 0.15) is 24.1 Å². The van der Waals surface area contributed by atoms with Crippen LogP contribution in [-0.2, 0) is 4.79 Å². The van der Waals surface area contributed by atoms with E-state index in [0.717, 1.165) is 22.3 Å². The monoisotopic (exact) mass is 347 g/mol. The summed E-state index contributed by atoms with van der Waals surface area (Å²) in [6, 6.07) is 14.3. The van der Waals surface area contributed by atoms with E-state index in [1.807, 2.05) is 43.3 Å². The number of nitrogens with zero attached hydrogens (tertiary/aromatic N) is 2. The van der Waals surface area contributed by atoms with Crippen LogP contribution in [0.15, 0.2) is 73.2 Å². The van der Waals surface area contributed by atoms with Crippen LogP contribution in [-0.4, -0.2) is 15.9 Å². The third kappa shape index (κ3) is 4.60. The number of carbonyl (C=O) groups excluding carboxylic acids is 1. The van der Waals surface area contributed by atoms with Gasteiger partial charge in [-0.15, -0.1) is 0 Å². The molecule has 26 heavy (non-hydrogen) atoms. The smallest absolute Gasteiger partial charge is 0.244 e. The molecular weight excluding hydrogens is 329 g/mol. The van der Waals surface area contributed by atoms with Gasteiger partial charge in [0.05, 0.1) is 6.04 Å². The molecule has 0 saturated heterocycles. The van der Waals surface area contributed by atoms with Crippen molar-refractivity contribution in [2.75, 3.05) is 0 Å². The van der Waals surface area contributed by atoms with Crippen LogP contribution in [0.3, 0.4) is 0 Å². The van der Waals surface area contributed by atoms with Gasteiger partial charge in [-0.2, -0.15) is 4.39 Å². The number of nitrogens with one attached hydrogen (secondary N) is 1. The van der Waals surface area contributed by atoms with E-state index in [1.165, 1.54) is 18.3 Å². The molecule has 0 aliphatic carbocycles. The van der Waals surface area contributed by atoms with Gasteiger partial charge in [0.2, 0.25) is 11.9 Å². The van der Waals surface area contributed by atoms with E-state index < -0.39 is 5.95 Å². The zero-order chi connectivity index (χ0) is 18.4. The molecule has 2 aromatic heterocycles. The fourth-order valence-corrected chi connectivity index (χ4v) is 2.53. The van der Waals surface area contributed by atoms with Crippen LogP contribution in [0.5, 0.6) is 0 Å². The summed E-state index contributed by atoms with van der Waals surface area (Å²) in [6.07, 6.45) is 8.07. The minimum absolute atomic E-state index is 0.172. The molecule has 3 rings (SSSR count). The van der Waals surface area contributed by atoms with Gasteiger partial charge in [-0.25, -0.2) is 4.98 Å². The molecule has 4 nitrogen and oxygen atoms in total. The number of rotatable bonds is 5. The minimum atomic E-state index is -0.508. The Kier molecular flexibility index (Phi) is 5.49. The molecule has 1 N–H and O–H groups in total. The number of hydrogen-bond acceptors (Lipinski definition) is 3. The lowest BCUT2D eigenvalue weighted by Gasteiger charge is -2.14. The van der Waals surface area contributed by atoms with E-state index in [-0.39, 0.29) is 11.9 Å². The second kappa shape index (κ2) is 8.16. The molecule has 0 fully saturated rings. The van der Waals surface area contributed by atoms with Crippen LogP contribution < -0.4 is 5.32 Å². The number of pyridine rings is 2. The van der Waals surface area contributed by atoms with Crippen molar-refractivity contribution in [3.63, 3.8) is 0 Å². The van der Waals surface area contributed by atoms with Crippen molar-refractivity contribution in [3.8, 4) is 11.1 Å². The van der Waals surface area contributed by atoms with Crippen LogP contribution in [0.4, 0.5) is 4.39 Å². The van der Waals surface area contributed by atoms with Gasteiger partial charge in [-0.1, -0.05) is 24.3 Å². The molecule has 0 bridgehead atoms. The molecule has 3 aromatic rings. The number of carbonyl (C=O) groups is 1. The van der Waals surface area contributed by atoms with Gasteiger partial charge in [0.25, 0.3) is 0 Å². The Bertz CT molecular complexity index is 908. The van der Waals surface area contributed by atoms with Gasteiger partial charge in [0.15, 0.2) is 0 Å². The first-order valence-corrected chi connectivity index (χ1v) is 8.22. The van der Waals surface area contributed by atoms with E-state index >= 15 is 0 Å². The van der Waals surface area contributed by atoms with Crippen LogP contribution in [0.25, 0.3) is 17.2 Å². The molecule has 0 unspecified atom stereocenters. The summed E-state index contributed by atoms with van der Waals surface area (Å²) < 4.78 is 13.0. The van der Waals surface area contributed by atoms with Crippen LogP contribution >= 0.6 is 0 Å². The van der Waals surface area contributed by atoms with Crippen molar-refractivity contribution in [3.05, 3.63) is 90.3 Å². The Morgan fingerprint density at radius 2 is 2.00 bits per heavy atom. The van der Waals surface area contributed by atoms with E-state index in [1.54, 1.807) is 24.5 Å². The molecule has 0 aliphatic rings. The maximum absolute atomic E-state index is 13.0. The molecule has 5 heteroatoms. The summed E-state index contributed by atoms with van der Waals surface area (Å²) >= 11 is 0. The van der Waals surface area contributed by atoms with Gasteiger partial charge in [-0.05, 0) is 54.0 Å². The zero-order valence-electron chi connectivity index (χ0n) is 14.3. The SMILES string of the molecule is C[C@@H](NC(=O)/C=C/c1cccnc1)c1cccc(-c2ccc(F)nc2)c1. The molecule has 0 aliphatic heterocycles.